The zero-order valence-electron chi connectivity index (χ0n) is 13.1. The fraction of sp³-hybridized carbons (Fsp3) is 0.412. The Labute approximate surface area is 134 Å². The van der Waals surface area contributed by atoms with Gasteiger partial charge >= 0.3 is 0 Å². The Morgan fingerprint density at radius 3 is 2.45 bits per heavy atom. The van der Waals surface area contributed by atoms with E-state index in [2.05, 4.69) is 55.3 Å². The van der Waals surface area contributed by atoms with Crippen molar-refractivity contribution in [1.29, 1.82) is 0 Å². The van der Waals surface area contributed by atoms with Crippen molar-refractivity contribution in [3.8, 4) is 11.3 Å². The van der Waals surface area contributed by atoms with Gasteiger partial charge in [0.15, 0.2) is 5.13 Å². The average Bonchev–Trinajstić information content (AvgIpc) is 3.05. The summed E-state index contributed by atoms with van der Waals surface area (Å²) in [5.41, 5.74) is 8.57. The van der Waals surface area contributed by atoms with E-state index in [1.54, 1.807) is 0 Å². The Bertz CT molecular complexity index is 693. The first-order chi connectivity index (χ1) is 10.3. The van der Waals surface area contributed by atoms with Crippen LogP contribution >= 0.6 is 11.3 Å². The number of hydrogen-bond donors (Lipinski definition) is 2. The van der Waals surface area contributed by atoms with Gasteiger partial charge in [-0.3, -0.25) is 4.79 Å². The normalized spacial score (nSPS) is 16.4. The Morgan fingerprint density at radius 2 is 1.91 bits per heavy atom. The molecule has 3 rings (SSSR count). The van der Waals surface area contributed by atoms with Crippen LogP contribution in [-0.4, -0.2) is 16.4 Å². The summed E-state index contributed by atoms with van der Waals surface area (Å²) >= 11 is 1.43. The van der Waals surface area contributed by atoms with Crippen LogP contribution in [0.3, 0.4) is 0 Å². The summed E-state index contributed by atoms with van der Waals surface area (Å²) in [6.07, 6.45) is 1.51. The molecule has 0 radical (unpaired) electrons. The average molecular weight is 315 g/mol. The first-order valence-corrected chi connectivity index (χ1v) is 8.33. The van der Waals surface area contributed by atoms with Crippen molar-refractivity contribution in [2.45, 2.75) is 44.6 Å². The predicted molar refractivity (Wildman–Crippen MR) is 91.0 cm³/mol. The summed E-state index contributed by atoms with van der Waals surface area (Å²) in [5, 5.41) is 5.38. The van der Waals surface area contributed by atoms with Gasteiger partial charge in [0.05, 0.1) is 11.2 Å². The van der Waals surface area contributed by atoms with Crippen molar-refractivity contribution >= 4 is 22.4 Å². The van der Waals surface area contributed by atoms with Gasteiger partial charge < -0.3 is 11.1 Å². The van der Waals surface area contributed by atoms with E-state index in [0.717, 1.165) is 24.1 Å². The molecule has 1 heterocycles. The standard InChI is InChI=1S/C17H21N3OS/c1-16(2,3)12-6-4-11(5-7-12)13-10-22-15(19-13)20-14(21)17(18)8-9-17/h4-7,10H,8-9,18H2,1-3H3,(H,19,20,21). The van der Waals surface area contributed by atoms with Crippen LogP contribution in [0.5, 0.6) is 0 Å². The number of thiazole rings is 1. The molecular formula is C17H21N3OS. The largest absolute Gasteiger partial charge is 0.317 e. The highest BCUT2D eigenvalue weighted by atomic mass is 32.1. The van der Waals surface area contributed by atoms with E-state index >= 15 is 0 Å². The molecule has 0 aliphatic heterocycles. The second-order valence-electron chi connectivity index (χ2n) is 6.98. The Balaban J connectivity index is 1.74. The van der Waals surface area contributed by atoms with Crippen molar-refractivity contribution in [3.63, 3.8) is 0 Å². The maximum atomic E-state index is 11.9. The van der Waals surface area contributed by atoms with Crippen molar-refractivity contribution in [1.82, 2.24) is 4.98 Å². The second kappa shape index (κ2) is 5.18. The van der Waals surface area contributed by atoms with E-state index in [4.69, 9.17) is 5.73 Å². The lowest BCUT2D eigenvalue weighted by molar-refractivity contribution is -0.118. The van der Waals surface area contributed by atoms with Crippen molar-refractivity contribution in [2.75, 3.05) is 5.32 Å². The number of aromatic nitrogens is 1. The number of carbonyl (C=O) groups is 1. The summed E-state index contributed by atoms with van der Waals surface area (Å²) in [7, 11) is 0. The summed E-state index contributed by atoms with van der Waals surface area (Å²) < 4.78 is 0. The molecule has 1 fully saturated rings. The Hall–Kier alpha value is -1.72. The Morgan fingerprint density at radius 1 is 1.27 bits per heavy atom. The van der Waals surface area contributed by atoms with Gasteiger partial charge in [0, 0.05) is 10.9 Å². The number of anilines is 1. The fourth-order valence-corrected chi connectivity index (χ4v) is 2.90. The molecule has 116 valence electrons. The summed E-state index contributed by atoms with van der Waals surface area (Å²) in [5.74, 6) is -0.128. The van der Waals surface area contributed by atoms with Gasteiger partial charge in [0.25, 0.3) is 0 Å². The quantitative estimate of drug-likeness (QED) is 0.910. The first-order valence-electron chi connectivity index (χ1n) is 7.45. The molecule has 22 heavy (non-hydrogen) atoms. The molecule has 0 spiro atoms. The minimum absolute atomic E-state index is 0.128. The molecule has 1 saturated carbocycles. The van der Waals surface area contributed by atoms with Gasteiger partial charge in [-0.2, -0.15) is 0 Å². The van der Waals surface area contributed by atoms with Crippen LogP contribution in [-0.2, 0) is 10.2 Å². The van der Waals surface area contributed by atoms with Crippen LogP contribution in [0.25, 0.3) is 11.3 Å². The van der Waals surface area contributed by atoms with Gasteiger partial charge in [-0.1, -0.05) is 45.0 Å². The topological polar surface area (TPSA) is 68.0 Å². The fourth-order valence-electron chi connectivity index (χ4n) is 2.19. The zero-order valence-corrected chi connectivity index (χ0v) is 14.0. The molecule has 1 aliphatic carbocycles. The van der Waals surface area contributed by atoms with Crippen LogP contribution in [0.1, 0.15) is 39.2 Å². The van der Waals surface area contributed by atoms with Crippen LogP contribution in [0.15, 0.2) is 29.6 Å². The summed E-state index contributed by atoms with van der Waals surface area (Å²) in [6, 6.07) is 8.41. The SMILES string of the molecule is CC(C)(C)c1ccc(-c2csc(NC(=O)C3(N)CC3)n2)cc1. The molecule has 4 nitrogen and oxygen atoms in total. The number of amides is 1. The number of nitrogens with zero attached hydrogens (tertiary/aromatic N) is 1. The van der Waals surface area contributed by atoms with Gasteiger partial charge in [0.2, 0.25) is 5.91 Å². The molecule has 0 atom stereocenters. The first kappa shape index (κ1) is 15.2. The molecule has 5 heteroatoms. The lowest BCUT2D eigenvalue weighted by Gasteiger charge is -2.18. The van der Waals surface area contributed by atoms with E-state index in [-0.39, 0.29) is 11.3 Å². The third kappa shape index (κ3) is 3.05. The van der Waals surface area contributed by atoms with Crippen LogP contribution in [0.2, 0.25) is 0 Å². The third-order valence-electron chi connectivity index (χ3n) is 4.01. The highest BCUT2D eigenvalue weighted by Gasteiger charge is 2.46. The number of benzene rings is 1. The van der Waals surface area contributed by atoms with Crippen molar-refractivity contribution in [3.05, 3.63) is 35.2 Å². The lowest BCUT2D eigenvalue weighted by Crippen LogP contribution is -2.37. The Kier molecular flexibility index (Phi) is 3.57. The van der Waals surface area contributed by atoms with Gasteiger partial charge in [-0.15, -0.1) is 11.3 Å². The highest BCUT2D eigenvalue weighted by molar-refractivity contribution is 7.14. The zero-order chi connectivity index (χ0) is 16.0. The second-order valence-corrected chi connectivity index (χ2v) is 7.83. The number of hydrogen-bond acceptors (Lipinski definition) is 4. The van der Waals surface area contributed by atoms with E-state index in [0.29, 0.717) is 5.13 Å². The summed E-state index contributed by atoms with van der Waals surface area (Å²) in [6.45, 7) is 6.58. The molecule has 0 unspecified atom stereocenters. The van der Waals surface area contributed by atoms with Crippen molar-refractivity contribution in [2.24, 2.45) is 5.73 Å². The predicted octanol–water partition coefficient (Wildman–Crippen LogP) is 3.54. The van der Waals surface area contributed by atoms with E-state index in [1.165, 1.54) is 16.9 Å². The lowest BCUT2D eigenvalue weighted by atomic mass is 9.86. The molecule has 1 aromatic carbocycles. The van der Waals surface area contributed by atoms with Crippen molar-refractivity contribution < 1.29 is 4.79 Å². The minimum atomic E-state index is -0.666. The van der Waals surface area contributed by atoms with Crippen LogP contribution < -0.4 is 11.1 Å². The molecule has 2 aromatic rings. The van der Waals surface area contributed by atoms with Gasteiger partial charge in [-0.05, 0) is 23.8 Å². The minimum Gasteiger partial charge on any atom is -0.317 e. The van der Waals surface area contributed by atoms with Crippen LogP contribution in [0.4, 0.5) is 5.13 Å². The van der Waals surface area contributed by atoms with E-state index in [9.17, 15) is 4.79 Å². The molecule has 1 amide bonds. The molecule has 0 saturated heterocycles. The maximum Gasteiger partial charge on any atom is 0.246 e. The number of rotatable bonds is 3. The van der Waals surface area contributed by atoms with Gasteiger partial charge in [-0.25, -0.2) is 4.98 Å². The number of nitrogens with one attached hydrogen (secondary N) is 1. The van der Waals surface area contributed by atoms with E-state index < -0.39 is 5.54 Å². The maximum absolute atomic E-state index is 11.9. The smallest absolute Gasteiger partial charge is 0.246 e. The highest BCUT2D eigenvalue weighted by Crippen LogP contribution is 2.34. The molecule has 1 aromatic heterocycles. The monoisotopic (exact) mass is 315 g/mol. The van der Waals surface area contributed by atoms with E-state index in [1.807, 2.05) is 5.38 Å². The molecule has 0 bridgehead atoms. The number of carbonyl (C=O) groups excluding carboxylic acids is 1. The van der Waals surface area contributed by atoms with Crippen LogP contribution in [0, 0.1) is 0 Å². The van der Waals surface area contributed by atoms with Gasteiger partial charge in [0.1, 0.15) is 0 Å². The molecule has 3 N–H and O–H groups in total. The third-order valence-corrected chi connectivity index (χ3v) is 4.77. The molecular weight excluding hydrogens is 294 g/mol. The molecule has 1 aliphatic rings. The summed E-state index contributed by atoms with van der Waals surface area (Å²) in [4.78, 5) is 16.4. The number of nitrogens with two attached hydrogens (primary N) is 1.